The van der Waals surface area contributed by atoms with Crippen molar-refractivity contribution in [3.8, 4) is 0 Å². The second kappa shape index (κ2) is 6.93. The highest BCUT2D eigenvalue weighted by atomic mass is 127. The Morgan fingerprint density at radius 3 is 2.29 bits per heavy atom. The van der Waals surface area contributed by atoms with Gasteiger partial charge in [-0.25, -0.2) is 9.78 Å². The van der Waals surface area contributed by atoms with E-state index in [0.717, 1.165) is 6.07 Å². The summed E-state index contributed by atoms with van der Waals surface area (Å²) in [6.07, 6.45) is -3.51. The lowest BCUT2D eigenvalue weighted by atomic mass is 10.2. The van der Waals surface area contributed by atoms with Gasteiger partial charge in [-0.05, 0) is 49.4 Å². The highest BCUT2D eigenvalue weighted by Crippen LogP contribution is 2.36. The van der Waals surface area contributed by atoms with Gasteiger partial charge in [-0.1, -0.05) is 0 Å². The molecule has 2 rings (SSSR count). The van der Waals surface area contributed by atoms with Gasteiger partial charge in [-0.3, -0.25) is 0 Å². The number of nitrogens with zero attached hydrogens (tertiary/aromatic N) is 3. The summed E-state index contributed by atoms with van der Waals surface area (Å²) in [5.41, 5.74) is -1.35. The van der Waals surface area contributed by atoms with E-state index >= 15 is 0 Å². The van der Waals surface area contributed by atoms with Crippen molar-refractivity contribution in [3.63, 3.8) is 0 Å². The third-order valence-corrected chi connectivity index (χ3v) is 3.96. The number of halogens is 4. The average molecular weight is 457 g/mol. The van der Waals surface area contributed by atoms with Crippen LogP contribution in [0.2, 0.25) is 0 Å². The second-order valence-corrected chi connectivity index (χ2v) is 7.72. The summed E-state index contributed by atoms with van der Waals surface area (Å²) < 4.78 is 45.4. The number of piperazine rings is 1. The number of pyridine rings is 1. The maximum absolute atomic E-state index is 13.2. The van der Waals surface area contributed by atoms with Gasteiger partial charge in [0.1, 0.15) is 11.4 Å². The van der Waals surface area contributed by atoms with E-state index in [4.69, 9.17) is 4.74 Å². The molecule has 0 atom stereocenters. The van der Waals surface area contributed by atoms with Crippen LogP contribution in [0.25, 0.3) is 0 Å². The molecule has 1 aromatic heterocycles. The molecule has 24 heavy (non-hydrogen) atoms. The normalized spacial score (nSPS) is 16.3. The Labute approximate surface area is 152 Å². The second-order valence-electron chi connectivity index (χ2n) is 6.48. The Bertz CT molecular complexity index is 609. The zero-order valence-corrected chi connectivity index (χ0v) is 15.8. The van der Waals surface area contributed by atoms with Crippen molar-refractivity contribution in [2.24, 2.45) is 0 Å². The van der Waals surface area contributed by atoms with Crippen LogP contribution in [0.5, 0.6) is 0 Å². The monoisotopic (exact) mass is 457 g/mol. The summed E-state index contributed by atoms with van der Waals surface area (Å²) in [5, 5.41) is 0. The molecule has 1 aliphatic heterocycles. The van der Waals surface area contributed by atoms with Gasteiger partial charge in [0.2, 0.25) is 0 Å². The van der Waals surface area contributed by atoms with Crippen molar-refractivity contribution in [1.82, 2.24) is 9.88 Å². The molecule has 134 valence electrons. The van der Waals surface area contributed by atoms with Gasteiger partial charge < -0.3 is 14.5 Å². The lowest BCUT2D eigenvalue weighted by molar-refractivity contribution is -0.137. The first kappa shape index (κ1) is 19.1. The number of hydrogen-bond donors (Lipinski definition) is 0. The van der Waals surface area contributed by atoms with Gasteiger partial charge in [0, 0.05) is 35.9 Å². The number of carbonyl (C=O) groups excluding carboxylic acids is 1. The molecule has 0 unspecified atom stereocenters. The van der Waals surface area contributed by atoms with Gasteiger partial charge in [-0.15, -0.1) is 0 Å². The minimum absolute atomic E-state index is 0.0910. The lowest BCUT2D eigenvalue weighted by Crippen LogP contribution is -2.50. The molecule has 1 aromatic rings. The third-order valence-electron chi connectivity index (χ3n) is 3.37. The van der Waals surface area contributed by atoms with Crippen molar-refractivity contribution in [1.29, 1.82) is 0 Å². The summed E-state index contributed by atoms with van der Waals surface area (Å²) in [4.78, 5) is 19.0. The van der Waals surface area contributed by atoms with E-state index in [1.54, 1.807) is 48.3 Å². The molecule has 0 saturated carbocycles. The van der Waals surface area contributed by atoms with Gasteiger partial charge in [0.05, 0.1) is 5.56 Å². The highest BCUT2D eigenvalue weighted by molar-refractivity contribution is 14.1. The topological polar surface area (TPSA) is 45.7 Å². The van der Waals surface area contributed by atoms with Crippen LogP contribution in [-0.2, 0) is 10.9 Å². The number of amides is 1. The molecular formula is C15H19F3IN3O2. The maximum atomic E-state index is 13.2. The number of hydrogen-bond acceptors (Lipinski definition) is 4. The average Bonchev–Trinajstić information content (AvgIpc) is 2.44. The number of rotatable bonds is 1. The van der Waals surface area contributed by atoms with Crippen LogP contribution < -0.4 is 4.90 Å². The van der Waals surface area contributed by atoms with Crippen molar-refractivity contribution in [2.45, 2.75) is 32.5 Å². The summed E-state index contributed by atoms with van der Waals surface area (Å²) >= 11 is 1.81. The molecule has 1 amide bonds. The van der Waals surface area contributed by atoms with Crippen molar-refractivity contribution in [2.75, 3.05) is 31.1 Å². The van der Waals surface area contributed by atoms with Crippen LogP contribution in [0.4, 0.5) is 23.8 Å². The van der Waals surface area contributed by atoms with Crippen LogP contribution in [0.15, 0.2) is 12.3 Å². The van der Waals surface area contributed by atoms with E-state index in [1.165, 1.54) is 11.1 Å². The van der Waals surface area contributed by atoms with E-state index in [9.17, 15) is 18.0 Å². The quantitative estimate of drug-likeness (QED) is 0.603. The highest BCUT2D eigenvalue weighted by Gasteiger charge is 2.37. The SMILES string of the molecule is CC(C)(C)OC(=O)N1CCN(c2ncc(I)cc2C(F)(F)F)CC1. The molecule has 1 saturated heterocycles. The zero-order chi connectivity index (χ0) is 18.1. The summed E-state index contributed by atoms with van der Waals surface area (Å²) in [6.45, 7) is 6.44. The van der Waals surface area contributed by atoms with Gasteiger partial charge >= 0.3 is 12.3 Å². The zero-order valence-electron chi connectivity index (χ0n) is 13.7. The minimum atomic E-state index is -4.47. The van der Waals surface area contributed by atoms with Crippen LogP contribution in [-0.4, -0.2) is 47.8 Å². The van der Waals surface area contributed by atoms with E-state index in [2.05, 4.69) is 4.98 Å². The maximum Gasteiger partial charge on any atom is 0.419 e. The van der Waals surface area contributed by atoms with Crippen LogP contribution in [0.1, 0.15) is 26.3 Å². The number of ether oxygens (including phenoxy) is 1. The Morgan fingerprint density at radius 1 is 1.21 bits per heavy atom. The van der Waals surface area contributed by atoms with Gasteiger partial charge in [-0.2, -0.15) is 13.2 Å². The Hall–Kier alpha value is -1.26. The largest absolute Gasteiger partial charge is 0.444 e. The summed E-state index contributed by atoms with van der Waals surface area (Å²) in [5.74, 6) is -0.0910. The van der Waals surface area contributed by atoms with Gasteiger partial charge in [0.25, 0.3) is 0 Å². The smallest absolute Gasteiger partial charge is 0.419 e. The molecule has 1 aliphatic rings. The van der Waals surface area contributed by atoms with Crippen LogP contribution >= 0.6 is 22.6 Å². The van der Waals surface area contributed by atoms with Gasteiger partial charge in [0.15, 0.2) is 0 Å². The predicted molar refractivity (Wildman–Crippen MR) is 92.0 cm³/mol. The molecule has 0 radical (unpaired) electrons. The number of carbonyl (C=O) groups is 1. The number of anilines is 1. The first-order chi connectivity index (χ1) is 11.0. The van der Waals surface area contributed by atoms with E-state index in [0.29, 0.717) is 16.7 Å². The van der Waals surface area contributed by atoms with Crippen LogP contribution in [0, 0.1) is 3.57 Å². The number of alkyl halides is 3. The van der Waals surface area contributed by atoms with E-state index in [1.807, 2.05) is 0 Å². The fourth-order valence-corrected chi connectivity index (χ4v) is 2.77. The molecule has 0 bridgehead atoms. The molecule has 0 aromatic carbocycles. The van der Waals surface area contributed by atoms with E-state index in [-0.39, 0.29) is 18.9 Å². The molecular weight excluding hydrogens is 438 g/mol. The van der Waals surface area contributed by atoms with E-state index < -0.39 is 23.4 Å². The molecule has 2 heterocycles. The predicted octanol–water partition coefficient (Wildman–Crippen LogP) is 3.76. The molecule has 0 N–H and O–H groups in total. The fraction of sp³-hybridized carbons (Fsp3) is 0.600. The minimum Gasteiger partial charge on any atom is -0.444 e. The third kappa shape index (κ3) is 4.87. The van der Waals surface area contributed by atoms with Crippen molar-refractivity contribution >= 4 is 34.5 Å². The summed E-state index contributed by atoms with van der Waals surface area (Å²) in [6, 6.07) is 1.09. The molecule has 0 aliphatic carbocycles. The van der Waals surface area contributed by atoms with Crippen LogP contribution in [0.3, 0.4) is 0 Å². The molecule has 5 nitrogen and oxygen atoms in total. The standard InChI is InChI=1S/C15H19F3IN3O2/c1-14(2,3)24-13(23)22-6-4-21(5-7-22)12-11(15(16,17)18)8-10(19)9-20-12/h8-9H,4-7H2,1-3H3. The lowest BCUT2D eigenvalue weighted by Gasteiger charge is -2.37. The summed E-state index contributed by atoms with van der Waals surface area (Å²) in [7, 11) is 0. The molecule has 9 heteroatoms. The van der Waals surface area contributed by atoms with Crippen molar-refractivity contribution < 1.29 is 22.7 Å². The Morgan fingerprint density at radius 2 is 1.79 bits per heavy atom. The number of aromatic nitrogens is 1. The first-order valence-electron chi connectivity index (χ1n) is 7.43. The Kier molecular flexibility index (Phi) is 5.50. The fourth-order valence-electron chi connectivity index (χ4n) is 2.32. The molecule has 1 fully saturated rings. The molecule has 0 spiro atoms. The first-order valence-corrected chi connectivity index (χ1v) is 8.51. The van der Waals surface area contributed by atoms with Crippen molar-refractivity contribution in [3.05, 3.63) is 21.4 Å². The Balaban J connectivity index is 2.09.